The van der Waals surface area contributed by atoms with Gasteiger partial charge in [-0.15, -0.1) is 0 Å². The minimum Gasteiger partial charge on any atom is -0.348 e. The van der Waals surface area contributed by atoms with Gasteiger partial charge in [0.1, 0.15) is 11.3 Å². The highest BCUT2D eigenvalue weighted by atomic mass is 19.4. The lowest BCUT2D eigenvalue weighted by molar-refractivity contribution is -0.137. The summed E-state index contributed by atoms with van der Waals surface area (Å²) in [5, 5.41) is 2.89. The van der Waals surface area contributed by atoms with E-state index in [2.05, 4.69) is 10.3 Å². The number of nitrogens with zero attached hydrogens (tertiary/aromatic N) is 2. The third kappa shape index (κ3) is 2.67. The van der Waals surface area contributed by atoms with Gasteiger partial charge in [-0.1, -0.05) is 12.8 Å². The zero-order valence-corrected chi connectivity index (χ0v) is 12.1. The van der Waals surface area contributed by atoms with Gasteiger partial charge in [-0.3, -0.25) is 9.20 Å². The molecule has 4 nitrogen and oxygen atoms in total. The number of halogens is 3. The average molecular weight is 311 g/mol. The van der Waals surface area contributed by atoms with Crippen molar-refractivity contribution >= 4 is 11.6 Å². The van der Waals surface area contributed by atoms with E-state index < -0.39 is 11.7 Å². The maximum Gasteiger partial charge on any atom is 0.417 e. The van der Waals surface area contributed by atoms with Gasteiger partial charge in [0.05, 0.1) is 11.3 Å². The number of hydrogen-bond acceptors (Lipinski definition) is 2. The molecule has 1 aliphatic rings. The number of carbonyl (C=O) groups is 1. The molecule has 2 aromatic heterocycles. The summed E-state index contributed by atoms with van der Waals surface area (Å²) < 4.78 is 39.8. The number of hydrogen-bond donors (Lipinski definition) is 1. The first kappa shape index (κ1) is 14.9. The van der Waals surface area contributed by atoms with Crippen molar-refractivity contribution in [2.24, 2.45) is 0 Å². The van der Waals surface area contributed by atoms with Crippen LogP contribution in [0.2, 0.25) is 0 Å². The topological polar surface area (TPSA) is 46.4 Å². The van der Waals surface area contributed by atoms with Crippen LogP contribution >= 0.6 is 0 Å². The van der Waals surface area contributed by atoms with E-state index in [1.54, 1.807) is 6.92 Å². The molecular weight excluding hydrogens is 295 g/mol. The molecule has 0 aromatic carbocycles. The third-order valence-electron chi connectivity index (χ3n) is 4.03. The summed E-state index contributed by atoms with van der Waals surface area (Å²) in [4.78, 5) is 16.6. The quantitative estimate of drug-likeness (QED) is 0.924. The molecule has 1 N–H and O–H groups in total. The van der Waals surface area contributed by atoms with Crippen LogP contribution in [0.1, 0.15) is 47.4 Å². The number of pyridine rings is 1. The molecule has 1 fully saturated rings. The van der Waals surface area contributed by atoms with Crippen molar-refractivity contribution in [3.8, 4) is 0 Å². The lowest BCUT2D eigenvalue weighted by Crippen LogP contribution is -2.33. The van der Waals surface area contributed by atoms with E-state index in [9.17, 15) is 18.0 Å². The normalized spacial score (nSPS) is 16.4. The molecular formula is C15H16F3N3O. The molecule has 2 heterocycles. The number of fused-ring (bicyclic) bond motifs is 1. The Kier molecular flexibility index (Phi) is 3.58. The predicted octanol–water partition coefficient (Wildman–Crippen LogP) is 3.33. The van der Waals surface area contributed by atoms with Crippen molar-refractivity contribution in [2.75, 3.05) is 0 Å². The minimum atomic E-state index is -4.45. The molecule has 0 aliphatic heterocycles. The van der Waals surface area contributed by atoms with Gasteiger partial charge in [0.2, 0.25) is 0 Å². The number of alkyl halides is 3. The van der Waals surface area contributed by atoms with E-state index >= 15 is 0 Å². The highest BCUT2D eigenvalue weighted by molar-refractivity contribution is 5.94. The predicted molar refractivity (Wildman–Crippen MR) is 74.7 cm³/mol. The van der Waals surface area contributed by atoms with E-state index in [0.29, 0.717) is 11.3 Å². The molecule has 1 saturated carbocycles. The number of carbonyl (C=O) groups excluding carboxylic acids is 1. The monoisotopic (exact) mass is 311 g/mol. The van der Waals surface area contributed by atoms with Crippen LogP contribution in [0.5, 0.6) is 0 Å². The third-order valence-corrected chi connectivity index (χ3v) is 4.03. The largest absolute Gasteiger partial charge is 0.417 e. The number of nitrogens with one attached hydrogen (secondary N) is 1. The molecule has 22 heavy (non-hydrogen) atoms. The van der Waals surface area contributed by atoms with Crippen molar-refractivity contribution in [1.29, 1.82) is 0 Å². The second-order valence-electron chi connectivity index (χ2n) is 5.64. The summed E-state index contributed by atoms with van der Waals surface area (Å²) in [6, 6.07) is 2.35. The van der Waals surface area contributed by atoms with Crippen LogP contribution in [0.15, 0.2) is 18.3 Å². The second-order valence-corrected chi connectivity index (χ2v) is 5.64. The van der Waals surface area contributed by atoms with Crippen LogP contribution in [-0.4, -0.2) is 21.3 Å². The Hall–Kier alpha value is -2.05. The first-order valence-corrected chi connectivity index (χ1v) is 7.23. The average Bonchev–Trinajstić information content (AvgIpc) is 3.02. The number of rotatable bonds is 2. The smallest absolute Gasteiger partial charge is 0.348 e. The summed E-state index contributed by atoms with van der Waals surface area (Å²) in [7, 11) is 0. The molecule has 0 saturated heterocycles. The van der Waals surface area contributed by atoms with Crippen LogP contribution in [0.4, 0.5) is 13.2 Å². The summed E-state index contributed by atoms with van der Waals surface area (Å²) in [5.41, 5.74) is 0.136. The van der Waals surface area contributed by atoms with Crippen molar-refractivity contribution in [2.45, 2.75) is 44.8 Å². The van der Waals surface area contributed by atoms with Crippen LogP contribution in [0.3, 0.4) is 0 Å². The molecule has 3 rings (SSSR count). The zero-order chi connectivity index (χ0) is 15.9. The van der Waals surface area contributed by atoms with E-state index in [1.807, 2.05) is 0 Å². The number of amides is 1. The maximum atomic E-state index is 12.8. The van der Waals surface area contributed by atoms with Crippen LogP contribution in [-0.2, 0) is 6.18 Å². The van der Waals surface area contributed by atoms with Crippen molar-refractivity contribution in [3.05, 3.63) is 35.3 Å². The molecule has 2 aromatic rings. The standard InChI is InChI=1S/C15H16F3N3O/c1-9-13(14(22)20-11-4-2-3-5-11)21-8-10(15(16,17)18)6-7-12(21)19-9/h6-8,11H,2-5H2,1H3,(H,20,22). The Balaban J connectivity index is 2.00. The summed E-state index contributed by atoms with van der Waals surface area (Å²) in [6.07, 6.45) is 0.430. The van der Waals surface area contributed by atoms with Crippen LogP contribution in [0, 0.1) is 6.92 Å². The Morgan fingerprint density at radius 1 is 1.32 bits per heavy atom. The maximum absolute atomic E-state index is 12.8. The molecule has 118 valence electrons. The van der Waals surface area contributed by atoms with Gasteiger partial charge in [-0.25, -0.2) is 4.98 Å². The van der Waals surface area contributed by atoms with E-state index in [-0.39, 0.29) is 17.6 Å². The summed E-state index contributed by atoms with van der Waals surface area (Å²) in [6.45, 7) is 1.63. The van der Waals surface area contributed by atoms with Gasteiger partial charge < -0.3 is 5.32 Å². The Morgan fingerprint density at radius 2 is 2.00 bits per heavy atom. The Bertz CT molecular complexity index is 715. The van der Waals surface area contributed by atoms with Crippen molar-refractivity contribution < 1.29 is 18.0 Å². The fourth-order valence-corrected chi connectivity index (χ4v) is 2.93. The Labute approximate surface area is 125 Å². The molecule has 7 heteroatoms. The van der Waals surface area contributed by atoms with E-state index in [1.165, 1.54) is 10.5 Å². The zero-order valence-electron chi connectivity index (χ0n) is 12.1. The summed E-state index contributed by atoms with van der Waals surface area (Å²) in [5.74, 6) is -0.365. The number of imidazole rings is 1. The van der Waals surface area contributed by atoms with Crippen molar-refractivity contribution in [3.63, 3.8) is 0 Å². The summed E-state index contributed by atoms with van der Waals surface area (Å²) >= 11 is 0. The van der Waals surface area contributed by atoms with Gasteiger partial charge in [0, 0.05) is 12.2 Å². The lowest BCUT2D eigenvalue weighted by atomic mass is 10.2. The van der Waals surface area contributed by atoms with Crippen LogP contribution in [0.25, 0.3) is 5.65 Å². The van der Waals surface area contributed by atoms with E-state index in [4.69, 9.17) is 0 Å². The molecule has 1 amide bonds. The molecule has 0 bridgehead atoms. The van der Waals surface area contributed by atoms with Gasteiger partial charge in [-0.2, -0.15) is 13.2 Å². The molecule has 0 unspecified atom stereocenters. The van der Waals surface area contributed by atoms with Crippen molar-refractivity contribution in [1.82, 2.24) is 14.7 Å². The van der Waals surface area contributed by atoms with Gasteiger partial charge >= 0.3 is 6.18 Å². The first-order valence-electron chi connectivity index (χ1n) is 7.23. The molecule has 1 aliphatic carbocycles. The van der Waals surface area contributed by atoms with Crippen LogP contribution < -0.4 is 5.32 Å². The number of aryl methyl sites for hydroxylation is 1. The van der Waals surface area contributed by atoms with Gasteiger partial charge in [0.25, 0.3) is 5.91 Å². The molecule has 0 spiro atoms. The highest BCUT2D eigenvalue weighted by Gasteiger charge is 2.32. The lowest BCUT2D eigenvalue weighted by Gasteiger charge is -2.13. The van der Waals surface area contributed by atoms with Gasteiger partial charge in [-0.05, 0) is 31.9 Å². The Morgan fingerprint density at radius 3 is 2.64 bits per heavy atom. The van der Waals surface area contributed by atoms with E-state index in [0.717, 1.165) is 37.9 Å². The fourth-order valence-electron chi connectivity index (χ4n) is 2.93. The fraction of sp³-hybridized carbons (Fsp3) is 0.467. The minimum absolute atomic E-state index is 0.100. The molecule has 0 radical (unpaired) electrons. The highest BCUT2D eigenvalue weighted by Crippen LogP contribution is 2.30. The SMILES string of the molecule is Cc1nc2ccc(C(F)(F)F)cn2c1C(=O)NC1CCCC1. The molecule has 0 atom stereocenters. The second kappa shape index (κ2) is 5.30. The van der Waals surface area contributed by atoms with Gasteiger partial charge in [0.15, 0.2) is 0 Å². The number of aromatic nitrogens is 2. The first-order chi connectivity index (χ1) is 10.4.